The summed E-state index contributed by atoms with van der Waals surface area (Å²) in [6, 6.07) is 2.90. The fraction of sp³-hybridized carbons (Fsp3) is 0.476. The molecule has 31 heavy (non-hydrogen) atoms. The fourth-order valence-electron chi connectivity index (χ4n) is 4.45. The van der Waals surface area contributed by atoms with Crippen LogP contribution in [0.5, 0.6) is 0 Å². The molecule has 10 heteroatoms. The van der Waals surface area contributed by atoms with Crippen LogP contribution in [-0.4, -0.2) is 34.1 Å². The van der Waals surface area contributed by atoms with E-state index in [1.807, 2.05) is 0 Å². The van der Waals surface area contributed by atoms with Gasteiger partial charge in [0.15, 0.2) is 17.3 Å². The van der Waals surface area contributed by atoms with Crippen molar-refractivity contribution in [2.75, 3.05) is 23.7 Å². The molecule has 1 fully saturated rings. The van der Waals surface area contributed by atoms with Gasteiger partial charge in [-0.1, -0.05) is 23.4 Å². The summed E-state index contributed by atoms with van der Waals surface area (Å²) >= 11 is 0.830. The van der Waals surface area contributed by atoms with Crippen LogP contribution in [0.2, 0.25) is 0 Å². The SMILES string of the molecule is CC1=CCC2(CCN(c3nc(N)c(Sc4cccnc4C(F)(F)F)nc3C)CC2)[C@@H]1N. The van der Waals surface area contributed by atoms with Gasteiger partial charge in [-0.25, -0.2) is 9.97 Å². The largest absolute Gasteiger partial charge is 0.434 e. The summed E-state index contributed by atoms with van der Waals surface area (Å²) in [6.45, 7) is 5.47. The number of piperidine rings is 1. The molecule has 0 amide bonds. The maximum Gasteiger partial charge on any atom is 0.434 e. The summed E-state index contributed by atoms with van der Waals surface area (Å²) in [5, 5.41) is 0.242. The molecule has 4 rings (SSSR count). The fourth-order valence-corrected chi connectivity index (χ4v) is 5.40. The average molecular weight is 451 g/mol. The highest BCUT2D eigenvalue weighted by molar-refractivity contribution is 7.99. The van der Waals surface area contributed by atoms with E-state index in [1.54, 1.807) is 6.92 Å². The van der Waals surface area contributed by atoms with Gasteiger partial charge in [0.2, 0.25) is 0 Å². The van der Waals surface area contributed by atoms with E-state index in [2.05, 4.69) is 32.9 Å². The number of nitrogens with two attached hydrogens (primary N) is 2. The summed E-state index contributed by atoms with van der Waals surface area (Å²) in [4.78, 5) is 14.6. The predicted molar refractivity (Wildman–Crippen MR) is 115 cm³/mol. The molecule has 2 aromatic heterocycles. The van der Waals surface area contributed by atoms with Crippen LogP contribution < -0.4 is 16.4 Å². The highest BCUT2D eigenvalue weighted by Gasteiger charge is 2.43. The molecule has 2 aliphatic rings. The molecule has 0 unspecified atom stereocenters. The maximum atomic E-state index is 13.3. The quantitative estimate of drug-likeness (QED) is 0.677. The van der Waals surface area contributed by atoms with Crippen molar-refractivity contribution in [3.05, 3.63) is 41.4 Å². The van der Waals surface area contributed by atoms with Crippen LogP contribution in [0.3, 0.4) is 0 Å². The van der Waals surface area contributed by atoms with Gasteiger partial charge >= 0.3 is 6.18 Å². The van der Waals surface area contributed by atoms with Gasteiger partial charge in [0.05, 0.1) is 5.69 Å². The van der Waals surface area contributed by atoms with Gasteiger partial charge in [0, 0.05) is 30.2 Å². The van der Waals surface area contributed by atoms with Crippen LogP contribution in [-0.2, 0) is 6.18 Å². The number of pyridine rings is 1. The molecule has 1 aliphatic heterocycles. The van der Waals surface area contributed by atoms with E-state index in [0.29, 0.717) is 11.5 Å². The minimum absolute atomic E-state index is 0.0545. The molecule has 0 bridgehead atoms. The number of hydrogen-bond donors (Lipinski definition) is 2. The molecule has 3 heterocycles. The highest BCUT2D eigenvalue weighted by atomic mass is 32.2. The molecule has 6 nitrogen and oxygen atoms in total. The number of rotatable bonds is 3. The standard InChI is InChI=1S/C21H25F3N6S/c1-12-5-6-20(15(12)25)7-10-30(11-8-20)18-13(2)28-19(17(26)29-18)31-14-4-3-9-27-16(14)21(22,23)24/h3-5,9,15H,6-8,10-11,25H2,1-2H3,(H2,26,29)/t15-/m1/s1. The molecule has 2 aromatic rings. The van der Waals surface area contributed by atoms with Crippen molar-refractivity contribution in [3.63, 3.8) is 0 Å². The summed E-state index contributed by atoms with van der Waals surface area (Å²) in [5.74, 6) is 0.785. The Morgan fingerprint density at radius 2 is 1.90 bits per heavy atom. The third-order valence-corrected chi connectivity index (χ3v) is 7.37. The number of aryl methyl sites for hydroxylation is 1. The monoisotopic (exact) mass is 450 g/mol. The predicted octanol–water partition coefficient (Wildman–Crippen LogP) is 4.20. The normalized spacial score (nSPS) is 20.9. The molecule has 166 valence electrons. The molecule has 0 aromatic carbocycles. The van der Waals surface area contributed by atoms with E-state index in [-0.39, 0.29) is 27.2 Å². The Bertz CT molecular complexity index is 1010. The van der Waals surface area contributed by atoms with E-state index in [4.69, 9.17) is 11.5 Å². The minimum atomic E-state index is -4.56. The number of halogens is 3. The molecule has 1 aliphatic carbocycles. The lowest BCUT2D eigenvalue weighted by molar-refractivity contribution is -0.143. The first kappa shape index (κ1) is 21.9. The smallest absolute Gasteiger partial charge is 0.381 e. The van der Waals surface area contributed by atoms with Gasteiger partial charge < -0.3 is 16.4 Å². The van der Waals surface area contributed by atoms with E-state index < -0.39 is 11.9 Å². The van der Waals surface area contributed by atoms with Crippen LogP contribution >= 0.6 is 11.8 Å². The number of nitrogen functional groups attached to an aromatic ring is 1. The van der Waals surface area contributed by atoms with Gasteiger partial charge in [-0.05, 0) is 50.7 Å². The van der Waals surface area contributed by atoms with Gasteiger partial charge in [-0.15, -0.1) is 0 Å². The van der Waals surface area contributed by atoms with Crippen molar-refractivity contribution >= 4 is 23.4 Å². The van der Waals surface area contributed by atoms with Crippen molar-refractivity contribution in [2.24, 2.45) is 11.1 Å². The average Bonchev–Trinajstić information content (AvgIpc) is 2.99. The van der Waals surface area contributed by atoms with Gasteiger partial charge in [0.25, 0.3) is 0 Å². The number of aromatic nitrogens is 3. The lowest BCUT2D eigenvalue weighted by Crippen LogP contribution is -2.48. The number of allylic oxidation sites excluding steroid dienone is 1. The number of hydrogen-bond acceptors (Lipinski definition) is 7. The number of alkyl halides is 3. The van der Waals surface area contributed by atoms with Crippen LogP contribution in [0.15, 0.2) is 39.9 Å². The lowest BCUT2D eigenvalue weighted by Gasteiger charge is -2.43. The first-order valence-electron chi connectivity index (χ1n) is 10.1. The van der Waals surface area contributed by atoms with Crippen molar-refractivity contribution in [2.45, 2.75) is 55.2 Å². The molecule has 4 N–H and O–H groups in total. The van der Waals surface area contributed by atoms with Crippen LogP contribution in [0, 0.1) is 12.3 Å². The molecule has 1 saturated heterocycles. The zero-order valence-electron chi connectivity index (χ0n) is 17.4. The van der Waals surface area contributed by atoms with Crippen LogP contribution in [0.4, 0.5) is 24.8 Å². The zero-order valence-corrected chi connectivity index (χ0v) is 18.2. The summed E-state index contributed by atoms with van der Waals surface area (Å²) in [7, 11) is 0. The summed E-state index contributed by atoms with van der Waals surface area (Å²) in [5.41, 5.74) is 13.6. The Balaban J connectivity index is 1.53. The Labute approximate surface area is 183 Å². The second kappa shape index (κ2) is 7.98. The second-order valence-corrected chi connectivity index (χ2v) is 9.28. The number of nitrogens with zero attached hydrogens (tertiary/aromatic N) is 4. The maximum absolute atomic E-state index is 13.3. The first-order valence-corrected chi connectivity index (χ1v) is 10.9. The van der Waals surface area contributed by atoms with Crippen molar-refractivity contribution in [1.82, 2.24) is 15.0 Å². The topological polar surface area (TPSA) is 94.0 Å². The Morgan fingerprint density at radius 1 is 1.19 bits per heavy atom. The minimum Gasteiger partial charge on any atom is -0.381 e. The van der Waals surface area contributed by atoms with Crippen molar-refractivity contribution in [1.29, 1.82) is 0 Å². The molecule has 0 radical (unpaired) electrons. The van der Waals surface area contributed by atoms with Gasteiger partial charge in [-0.3, -0.25) is 4.98 Å². The molecular formula is C21H25F3N6S. The molecular weight excluding hydrogens is 425 g/mol. The van der Waals surface area contributed by atoms with Crippen molar-refractivity contribution < 1.29 is 13.2 Å². The van der Waals surface area contributed by atoms with E-state index in [9.17, 15) is 13.2 Å². The van der Waals surface area contributed by atoms with Crippen LogP contribution in [0.25, 0.3) is 0 Å². The Hall–Kier alpha value is -2.33. The van der Waals surface area contributed by atoms with E-state index in [1.165, 1.54) is 17.7 Å². The number of anilines is 2. The highest BCUT2D eigenvalue weighted by Crippen LogP contribution is 2.46. The second-order valence-electron chi connectivity index (χ2n) is 8.25. The van der Waals surface area contributed by atoms with Crippen LogP contribution in [0.1, 0.15) is 37.6 Å². The van der Waals surface area contributed by atoms with Crippen molar-refractivity contribution in [3.8, 4) is 0 Å². The summed E-state index contributed by atoms with van der Waals surface area (Å²) in [6.07, 6.45) is 1.70. The summed E-state index contributed by atoms with van der Waals surface area (Å²) < 4.78 is 39.8. The lowest BCUT2D eigenvalue weighted by atomic mass is 9.73. The molecule has 0 saturated carbocycles. The Morgan fingerprint density at radius 3 is 2.52 bits per heavy atom. The molecule has 1 spiro atoms. The van der Waals surface area contributed by atoms with E-state index in [0.717, 1.165) is 50.3 Å². The third-order valence-electron chi connectivity index (χ3n) is 6.32. The Kier molecular flexibility index (Phi) is 5.63. The zero-order chi connectivity index (χ0) is 22.4. The van der Waals surface area contributed by atoms with Gasteiger partial charge in [-0.2, -0.15) is 13.2 Å². The third kappa shape index (κ3) is 4.10. The first-order chi connectivity index (χ1) is 14.6. The van der Waals surface area contributed by atoms with E-state index >= 15 is 0 Å². The van der Waals surface area contributed by atoms with Gasteiger partial charge in [0.1, 0.15) is 5.03 Å². The molecule has 1 atom stereocenters.